The van der Waals surface area contributed by atoms with Gasteiger partial charge in [0.25, 0.3) is 5.56 Å². The monoisotopic (exact) mass is 780 g/mol. The number of aliphatic hydroxyl groups excluding tert-OH is 2. The maximum Gasteiger partial charge on any atom is 0.508 e. The molecule has 8 rings (SSSR count). The van der Waals surface area contributed by atoms with Crippen molar-refractivity contribution in [1.29, 1.82) is 0 Å². The first-order valence-corrected chi connectivity index (χ1v) is 19.9. The van der Waals surface area contributed by atoms with E-state index in [1.807, 2.05) is 10.8 Å². The van der Waals surface area contributed by atoms with E-state index in [1.54, 1.807) is 11.8 Å². The number of carbonyl (C=O) groups is 2. The van der Waals surface area contributed by atoms with Gasteiger partial charge in [0.1, 0.15) is 67.2 Å². The number of hydrogen-bond acceptors (Lipinski definition) is 17. The molecule has 0 aromatic carbocycles. The standard InChI is InChI=1S/C29H33N8O12PS2/c38-8-18(39)30-3-4-35-12-34-25-21(27(35)41)33-13-37(25)28-23-22(40)17(47-28)10-45-50(43,51)49-15-6-19(46-16(15)9-44-29(42)48-23)36-7-14-2-1-5-52-26-20(14)24(36)31-11-32-26/h7,11-13,15-17,19,22-23,28,38,40H,1-6,8-10H2,(H,30,39)(H,43,51)/t15-,16+,17+,19+,22+,23+,28+,50?/m0/s1. The van der Waals surface area contributed by atoms with E-state index in [9.17, 15) is 24.4 Å². The molecule has 0 aliphatic carbocycles. The fraction of sp³-hybridized carbons (Fsp3) is 0.552. The third-order valence-corrected chi connectivity index (χ3v) is 11.9. The minimum Gasteiger partial charge on any atom is -0.431 e. The Labute approximate surface area is 302 Å². The number of aliphatic hydroxyl groups is 2. The van der Waals surface area contributed by atoms with Crippen molar-refractivity contribution in [2.24, 2.45) is 0 Å². The molecule has 1 amide bonds. The van der Waals surface area contributed by atoms with E-state index in [4.69, 9.17) is 44.9 Å². The van der Waals surface area contributed by atoms with E-state index in [2.05, 4.69) is 25.3 Å². The molecule has 1 unspecified atom stereocenters. The number of thioether (sulfide) groups is 1. The number of rotatable bonds is 6. The summed E-state index contributed by atoms with van der Waals surface area (Å²) < 4.78 is 39.5. The van der Waals surface area contributed by atoms with Gasteiger partial charge in [-0.3, -0.25) is 18.7 Å². The van der Waals surface area contributed by atoms with E-state index in [1.165, 1.54) is 28.1 Å². The molecular formula is C29H33N8O12PS2. The molecule has 20 nitrogen and oxygen atoms in total. The zero-order valence-electron chi connectivity index (χ0n) is 27.1. The summed E-state index contributed by atoms with van der Waals surface area (Å²) >= 11 is 7.04. The average Bonchev–Trinajstić information content (AvgIpc) is 3.86. The van der Waals surface area contributed by atoms with Crippen LogP contribution in [0.4, 0.5) is 4.79 Å². The summed E-state index contributed by atoms with van der Waals surface area (Å²) in [5.74, 6) is 0.351. The predicted molar refractivity (Wildman–Crippen MR) is 180 cm³/mol. The summed E-state index contributed by atoms with van der Waals surface area (Å²) in [6, 6.07) is 0. The van der Waals surface area contributed by atoms with Crippen molar-refractivity contribution in [1.82, 2.24) is 39.0 Å². The van der Waals surface area contributed by atoms with E-state index in [0.717, 1.165) is 34.6 Å². The van der Waals surface area contributed by atoms with Crippen molar-refractivity contribution in [2.45, 2.75) is 73.8 Å². The Hall–Kier alpha value is -3.57. The molecule has 8 heterocycles. The van der Waals surface area contributed by atoms with Crippen LogP contribution in [-0.4, -0.2) is 123 Å². The SMILES string of the molecule is O=C(CO)NCCn1cnc2c(ncn2[C@@H]2O[C@@H]3COP(O)(=S)O[C@H]4C[C@H](n5cc6c7c(ncnc75)SCCC6)O[C@@H]4COC(=O)O[C@@H]2[C@@H]3O)c1=O. The van der Waals surface area contributed by atoms with Crippen LogP contribution in [0.15, 0.2) is 35.0 Å². The highest BCUT2D eigenvalue weighted by atomic mass is 32.5. The number of imidazole rings is 1. The van der Waals surface area contributed by atoms with Crippen LogP contribution < -0.4 is 10.9 Å². The lowest BCUT2D eigenvalue weighted by Gasteiger charge is -2.25. The minimum atomic E-state index is -3.99. The highest BCUT2D eigenvalue weighted by Gasteiger charge is 2.50. The lowest BCUT2D eigenvalue weighted by molar-refractivity contribution is -0.123. The van der Waals surface area contributed by atoms with Crippen molar-refractivity contribution in [3.8, 4) is 0 Å². The summed E-state index contributed by atoms with van der Waals surface area (Å²) in [5.41, 5.74) is 1.23. The molecule has 0 spiro atoms. The number of aromatic nitrogens is 7. The Morgan fingerprint density at radius 2 is 1.94 bits per heavy atom. The molecule has 3 saturated heterocycles. The Bertz CT molecular complexity index is 2130. The quantitative estimate of drug-likeness (QED) is 0.113. The number of carbonyl (C=O) groups excluding carboxylic acids is 2. The third-order valence-electron chi connectivity index (χ3n) is 9.20. The van der Waals surface area contributed by atoms with Gasteiger partial charge in [0.2, 0.25) is 5.91 Å². The van der Waals surface area contributed by atoms with Gasteiger partial charge in [-0.1, -0.05) is 0 Å². The van der Waals surface area contributed by atoms with Gasteiger partial charge >= 0.3 is 12.9 Å². The van der Waals surface area contributed by atoms with E-state index in [0.29, 0.717) is 5.65 Å². The molecule has 4 aliphatic rings. The molecule has 8 atom stereocenters. The van der Waals surface area contributed by atoms with Gasteiger partial charge in [0, 0.05) is 25.7 Å². The lowest BCUT2D eigenvalue weighted by atomic mass is 10.1. The topological polar surface area (TPSA) is 246 Å². The van der Waals surface area contributed by atoms with Crippen molar-refractivity contribution >= 4 is 64.5 Å². The first kappa shape index (κ1) is 35.5. The Balaban J connectivity index is 1.03. The van der Waals surface area contributed by atoms with Gasteiger partial charge < -0.3 is 53.0 Å². The number of fused-ring (bicyclic) bond motifs is 4. The summed E-state index contributed by atoms with van der Waals surface area (Å²) in [6.07, 6.45) is -0.862. The average molecular weight is 781 g/mol. The van der Waals surface area contributed by atoms with Gasteiger partial charge in [0.15, 0.2) is 23.5 Å². The van der Waals surface area contributed by atoms with E-state index >= 15 is 0 Å². The molecule has 0 saturated carbocycles. The second kappa shape index (κ2) is 14.3. The highest BCUT2D eigenvalue weighted by molar-refractivity contribution is 8.07. The minimum absolute atomic E-state index is 0.0500. The number of ether oxygens (including phenoxy) is 4. The van der Waals surface area contributed by atoms with Crippen LogP contribution in [0.25, 0.3) is 22.2 Å². The maximum absolute atomic E-state index is 13.2. The zero-order valence-corrected chi connectivity index (χ0v) is 29.7. The number of nitrogens with one attached hydrogen (secondary N) is 1. The van der Waals surface area contributed by atoms with Crippen molar-refractivity contribution < 1.29 is 52.7 Å². The van der Waals surface area contributed by atoms with Crippen LogP contribution in [0, 0.1) is 0 Å². The van der Waals surface area contributed by atoms with Crippen molar-refractivity contribution in [3.05, 3.63) is 41.1 Å². The molecule has 3 fully saturated rings. The van der Waals surface area contributed by atoms with E-state index in [-0.39, 0.29) is 37.3 Å². The lowest BCUT2D eigenvalue weighted by Crippen LogP contribution is -2.38. The van der Waals surface area contributed by atoms with Crippen LogP contribution in [0.1, 0.15) is 30.9 Å². The number of amides is 1. The fourth-order valence-electron chi connectivity index (χ4n) is 6.75. The predicted octanol–water partition coefficient (Wildman–Crippen LogP) is -0.115. The summed E-state index contributed by atoms with van der Waals surface area (Å²) in [7, 11) is 0. The molecule has 4 aliphatic heterocycles. The van der Waals surface area contributed by atoms with Gasteiger partial charge in [-0.15, -0.1) is 11.8 Å². The van der Waals surface area contributed by atoms with Gasteiger partial charge in [-0.25, -0.2) is 24.7 Å². The molecule has 4 aromatic heterocycles. The zero-order chi connectivity index (χ0) is 36.1. The number of nitrogens with zero attached hydrogens (tertiary/aromatic N) is 7. The van der Waals surface area contributed by atoms with Gasteiger partial charge in [0.05, 0.1) is 18.3 Å². The summed E-state index contributed by atoms with van der Waals surface area (Å²) in [6.45, 7) is -5.38. The van der Waals surface area contributed by atoms with Crippen LogP contribution in [0.2, 0.25) is 0 Å². The summed E-state index contributed by atoms with van der Waals surface area (Å²) in [5, 5.41) is 24.4. The normalized spacial score (nSPS) is 30.8. The van der Waals surface area contributed by atoms with Gasteiger partial charge in [-0.2, -0.15) is 0 Å². The van der Waals surface area contributed by atoms with Crippen LogP contribution >= 0.6 is 18.5 Å². The summed E-state index contributed by atoms with van der Waals surface area (Å²) in [4.78, 5) is 66.3. The largest absolute Gasteiger partial charge is 0.508 e. The molecule has 4 aromatic rings. The van der Waals surface area contributed by atoms with Crippen molar-refractivity contribution in [2.75, 3.05) is 32.1 Å². The number of hydrogen-bond donors (Lipinski definition) is 4. The molecule has 52 heavy (non-hydrogen) atoms. The maximum atomic E-state index is 13.2. The first-order valence-electron chi connectivity index (χ1n) is 16.3. The first-order chi connectivity index (χ1) is 25.1. The molecule has 278 valence electrons. The fourth-order valence-corrected chi connectivity index (χ4v) is 9.19. The number of cyclic esters (lactones) is 1. The molecular weight excluding hydrogens is 747 g/mol. The van der Waals surface area contributed by atoms with Crippen molar-refractivity contribution in [3.63, 3.8) is 0 Å². The number of aryl methyl sites for hydroxylation is 1. The van der Waals surface area contributed by atoms with Crippen LogP contribution in [0.5, 0.6) is 0 Å². The molecule has 4 N–H and O–H groups in total. The van der Waals surface area contributed by atoms with Crippen LogP contribution in [-0.2, 0) is 57.6 Å². The smallest absolute Gasteiger partial charge is 0.431 e. The molecule has 2 bridgehead atoms. The van der Waals surface area contributed by atoms with Crippen LogP contribution in [0.3, 0.4) is 0 Å². The Morgan fingerprint density at radius 1 is 1.08 bits per heavy atom. The highest BCUT2D eigenvalue weighted by Crippen LogP contribution is 2.50. The van der Waals surface area contributed by atoms with E-state index < -0.39 is 80.5 Å². The Kier molecular flexibility index (Phi) is 9.78. The molecule has 23 heteroatoms. The molecule has 0 radical (unpaired) electrons. The second-order valence-corrected chi connectivity index (χ2v) is 16.3. The second-order valence-electron chi connectivity index (χ2n) is 12.4. The van der Waals surface area contributed by atoms with Gasteiger partial charge in [-0.05, 0) is 36.0 Å². The Morgan fingerprint density at radius 3 is 2.79 bits per heavy atom. The third kappa shape index (κ3) is 6.72.